The lowest BCUT2D eigenvalue weighted by atomic mass is 10.0. The monoisotopic (exact) mass is 511 g/mol. The fraction of sp³-hybridized carbons (Fsp3) is 0.500. The highest BCUT2D eigenvalue weighted by Gasteiger charge is 2.21. The van der Waals surface area contributed by atoms with Gasteiger partial charge in [-0.3, -0.25) is 4.90 Å². The second-order valence-electron chi connectivity index (χ2n) is 9.76. The van der Waals surface area contributed by atoms with E-state index in [-0.39, 0.29) is 18.2 Å². The Morgan fingerprint density at radius 2 is 1.72 bits per heavy atom. The van der Waals surface area contributed by atoms with Crippen LogP contribution in [0.5, 0.6) is 11.5 Å². The second kappa shape index (κ2) is 11.9. The standard InChI is InChI=1S/C28H37N3O4S/c1-6-33-27(32)21-7-8-26-25(15-21)30-28(36-26)29-22-9-11-31(12-10-22)17-20-13-23(34-18(2)3)16-24(14-20)35-19(4)5/h7-8,13-16,18-19,22H,6,9-12,17H2,1-5H3,(H,29,30). The van der Waals surface area contributed by atoms with Crippen LogP contribution in [-0.4, -0.2) is 53.8 Å². The molecule has 1 N–H and O–H groups in total. The van der Waals surface area contributed by atoms with E-state index in [0.29, 0.717) is 18.2 Å². The first-order valence-electron chi connectivity index (χ1n) is 12.8. The van der Waals surface area contributed by atoms with E-state index in [4.69, 9.17) is 19.2 Å². The van der Waals surface area contributed by atoms with E-state index in [1.165, 1.54) is 5.56 Å². The predicted octanol–water partition coefficient (Wildman–Crippen LogP) is 6.12. The van der Waals surface area contributed by atoms with Gasteiger partial charge in [-0.25, -0.2) is 9.78 Å². The third-order valence-corrected chi connectivity index (χ3v) is 6.87. The lowest BCUT2D eigenvalue weighted by molar-refractivity contribution is 0.0526. The second-order valence-corrected chi connectivity index (χ2v) is 10.8. The zero-order valence-electron chi connectivity index (χ0n) is 21.9. The molecule has 7 nitrogen and oxygen atoms in total. The molecular formula is C28H37N3O4S. The molecule has 0 radical (unpaired) electrons. The van der Waals surface area contributed by atoms with Gasteiger partial charge in [-0.15, -0.1) is 0 Å². The molecule has 0 spiro atoms. The quantitative estimate of drug-likeness (QED) is 0.329. The number of aromatic nitrogens is 1. The molecule has 0 atom stereocenters. The highest BCUT2D eigenvalue weighted by Crippen LogP contribution is 2.30. The molecule has 0 amide bonds. The summed E-state index contributed by atoms with van der Waals surface area (Å²) >= 11 is 1.63. The highest BCUT2D eigenvalue weighted by molar-refractivity contribution is 7.22. The van der Waals surface area contributed by atoms with Crippen molar-refractivity contribution >= 4 is 32.7 Å². The average molecular weight is 512 g/mol. The van der Waals surface area contributed by atoms with Gasteiger partial charge in [-0.05, 0) is 83.4 Å². The number of likely N-dealkylation sites (tertiary alicyclic amines) is 1. The number of ether oxygens (including phenoxy) is 3. The molecule has 1 aromatic heterocycles. The summed E-state index contributed by atoms with van der Waals surface area (Å²) in [4.78, 5) is 19.2. The molecule has 36 heavy (non-hydrogen) atoms. The van der Waals surface area contributed by atoms with Gasteiger partial charge in [0, 0.05) is 31.7 Å². The summed E-state index contributed by atoms with van der Waals surface area (Å²) in [5.41, 5.74) is 2.58. The van der Waals surface area contributed by atoms with Crippen molar-refractivity contribution < 1.29 is 19.0 Å². The molecule has 1 aliphatic rings. The summed E-state index contributed by atoms with van der Waals surface area (Å²) in [5.74, 6) is 1.41. The van der Waals surface area contributed by atoms with Crippen LogP contribution < -0.4 is 14.8 Å². The lowest BCUT2D eigenvalue weighted by Gasteiger charge is -2.32. The molecule has 1 fully saturated rings. The van der Waals surface area contributed by atoms with E-state index in [9.17, 15) is 4.79 Å². The molecular weight excluding hydrogens is 474 g/mol. The van der Waals surface area contributed by atoms with Crippen LogP contribution in [0.25, 0.3) is 10.2 Å². The van der Waals surface area contributed by atoms with Gasteiger partial charge in [0.25, 0.3) is 0 Å². The Balaban J connectivity index is 1.34. The number of fused-ring (bicyclic) bond motifs is 1. The third kappa shape index (κ3) is 7.11. The van der Waals surface area contributed by atoms with Gasteiger partial charge >= 0.3 is 5.97 Å². The average Bonchev–Trinajstić information content (AvgIpc) is 3.21. The number of esters is 1. The van der Waals surface area contributed by atoms with Crippen molar-refractivity contribution in [2.75, 3.05) is 25.0 Å². The summed E-state index contributed by atoms with van der Waals surface area (Å²) in [6, 6.07) is 12.2. The number of rotatable bonds is 10. The Labute approximate surface area is 217 Å². The minimum atomic E-state index is -0.307. The van der Waals surface area contributed by atoms with Crippen molar-refractivity contribution in [1.82, 2.24) is 9.88 Å². The van der Waals surface area contributed by atoms with Crippen molar-refractivity contribution in [2.24, 2.45) is 0 Å². The van der Waals surface area contributed by atoms with Crippen LogP contribution in [0.4, 0.5) is 5.13 Å². The maximum atomic E-state index is 12.0. The van der Waals surface area contributed by atoms with Gasteiger partial charge in [-0.1, -0.05) is 11.3 Å². The van der Waals surface area contributed by atoms with E-state index >= 15 is 0 Å². The molecule has 2 aromatic carbocycles. The summed E-state index contributed by atoms with van der Waals surface area (Å²) in [5, 5.41) is 4.52. The van der Waals surface area contributed by atoms with Crippen LogP contribution in [0.2, 0.25) is 0 Å². The van der Waals surface area contributed by atoms with E-state index in [2.05, 4.69) is 22.3 Å². The number of hydrogen-bond donors (Lipinski definition) is 1. The first-order chi connectivity index (χ1) is 17.3. The molecule has 3 aromatic rings. The minimum Gasteiger partial charge on any atom is -0.491 e. The minimum absolute atomic E-state index is 0.119. The van der Waals surface area contributed by atoms with Crippen LogP contribution in [0.1, 0.15) is 63.4 Å². The molecule has 2 heterocycles. The molecule has 4 rings (SSSR count). The van der Waals surface area contributed by atoms with Crippen molar-refractivity contribution in [3.05, 3.63) is 47.5 Å². The smallest absolute Gasteiger partial charge is 0.338 e. The van der Waals surface area contributed by atoms with Crippen LogP contribution in [0.3, 0.4) is 0 Å². The highest BCUT2D eigenvalue weighted by atomic mass is 32.1. The summed E-state index contributed by atoms with van der Waals surface area (Å²) in [6.45, 7) is 13.2. The van der Waals surface area contributed by atoms with Crippen LogP contribution >= 0.6 is 11.3 Å². The van der Waals surface area contributed by atoms with E-state index in [0.717, 1.165) is 59.3 Å². The summed E-state index contributed by atoms with van der Waals surface area (Å²) < 4.78 is 18.1. The maximum absolute atomic E-state index is 12.0. The number of anilines is 1. The molecule has 0 aliphatic carbocycles. The largest absolute Gasteiger partial charge is 0.491 e. The van der Waals surface area contributed by atoms with Gasteiger partial charge in [0.05, 0.1) is 34.6 Å². The van der Waals surface area contributed by atoms with E-state index in [1.807, 2.05) is 52.8 Å². The molecule has 1 saturated heterocycles. The number of carbonyl (C=O) groups is 1. The van der Waals surface area contributed by atoms with Crippen LogP contribution in [0, 0.1) is 0 Å². The summed E-state index contributed by atoms with van der Waals surface area (Å²) in [7, 11) is 0. The molecule has 0 bridgehead atoms. The Bertz CT molecular complexity index is 1140. The molecule has 0 unspecified atom stereocenters. The Morgan fingerprint density at radius 1 is 1.06 bits per heavy atom. The molecule has 1 aliphatic heterocycles. The zero-order valence-corrected chi connectivity index (χ0v) is 22.7. The van der Waals surface area contributed by atoms with E-state index in [1.54, 1.807) is 17.4 Å². The normalized spacial score (nSPS) is 15.0. The molecule has 8 heteroatoms. The van der Waals surface area contributed by atoms with Crippen molar-refractivity contribution in [2.45, 2.75) is 72.3 Å². The van der Waals surface area contributed by atoms with Gasteiger partial charge in [0.2, 0.25) is 0 Å². The molecule has 0 saturated carbocycles. The van der Waals surface area contributed by atoms with Crippen LogP contribution in [0.15, 0.2) is 36.4 Å². The van der Waals surface area contributed by atoms with Gasteiger partial charge in [0.1, 0.15) is 11.5 Å². The van der Waals surface area contributed by atoms with Gasteiger partial charge in [0.15, 0.2) is 5.13 Å². The van der Waals surface area contributed by atoms with Gasteiger partial charge in [-0.2, -0.15) is 0 Å². The number of nitrogens with one attached hydrogen (secondary N) is 1. The van der Waals surface area contributed by atoms with Crippen molar-refractivity contribution in [1.29, 1.82) is 0 Å². The predicted molar refractivity (Wildman–Crippen MR) is 145 cm³/mol. The van der Waals surface area contributed by atoms with Crippen molar-refractivity contribution in [3.63, 3.8) is 0 Å². The summed E-state index contributed by atoms with van der Waals surface area (Å²) in [6.07, 6.45) is 2.32. The van der Waals surface area contributed by atoms with Crippen LogP contribution in [-0.2, 0) is 11.3 Å². The number of nitrogens with zero attached hydrogens (tertiary/aromatic N) is 2. The fourth-order valence-electron chi connectivity index (χ4n) is 4.40. The lowest BCUT2D eigenvalue weighted by Crippen LogP contribution is -2.38. The molecule has 194 valence electrons. The first kappa shape index (κ1) is 26.2. The SMILES string of the molecule is CCOC(=O)c1ccc2sc(NC3CCN(Cc4cc(OC(C)C)cc(OC(C)C)c4)CC3)nc2c1. The maximum Gasteiger partial charge on any atom is 0.338 e. The Kier molecular flexibility index (Phi) is 8.69. The Hall–Kier alpha value is -2.84. The number of thiazole rings is 1. The fourth-order valence-corrected chi connectivity index (χ4v) is 5.32. The number of piperidine rings is 1. The topological polar surface area (TPSA) is 72.9 Å². The van der Waals surface area contributed by atoms with Crippen molar-refractivity contribution in [3.8, 4) is 11.5 Å². The number of benzene rings is 2. The number of carbonyl (C=O) groups excluding carboxylic acids is 1. The van der Waals surface area contributed by atoms with Gasteiger partial charge < -0.3 is 19.5 Å². The zero-order chi connectivity index (χ0) is 25.7. The number of hydrogen-bond acceptors (Lipinski definition) is 8. The van der Waals surface area contributed by atoms with E-state index < -0.39 is 0 Å². The third-order valence-electron chi connectivity index (χ3n) is 5.90. The first-order valence-corrected chi connectivity index (χ1v) is 13.6. The Morgan fingerprint density at radius 3 is 2.33 bits per heavy atom.